The molecule has 5 N–H and O–H groups in total. The van der Waals surface area contributed by atoms with Crippen LogP contribution in [0.3, 0.4) is 0 Å². The minimum atomic E-state index is 0. The van der Waals surface area contributed by atoms with Gasteiger partial charge in [-0.15, -0.1) is 0 Å². The lowest BCUT2D eigenvalue weighted by molar-refractivity contribution is 1.48. The summed E-state index contributed by atoms with van der Waals surface area (Å²) in [5.41, 5.74) is 4.50. The van der Waals surface area contributed by atoms with Gasteiger partial charge in [-0.3, -0.25) is 0 Å². The Labute approximate surface area is 47.7 Å². The smallest absolute Gasteiger partial charge is 0.0195 e. The Hall–Kier alpha value is -0.0800. The van der Waals surface area contributed by atoms with Crippen LogP contribution in [0.15, 0.2) is 0 Å². The van der Waals surface area contributed by atoms with Crippen molar-refractivity contribution in [2.24, 2.45) is 5.73 Å². The third-order valence-corrected chi connectivity index (χ3v) is 0. The second kappa shape index (κ2) is 22400. The molecule has 0 saturated heterocycles. The highest BCUT2D eigenvalue weighted by Crippen LogP contribution is 1.15. The van der Waals surface area contributed by atoms with Crippen LogP contribution < -0.4 is 11.9 Å². The highest BCUT2D eigenvalue weighted by atomic mass is 14.4. The molecule has 0 atom stereocenters. The molecule has 0 radical (unpaired) electrons. The number of nitrogens with two attached hydrogens (primary N) is 1. The van der Waals surface area contributed by atoms with Crippen LogP contribution in [-0.2, 0) is 0 Å². The van der Waals surface area contributed by atoms with Crippen molar-refractivity contribution < 1.29 is 0 Å². The Bertz CT molecular complexity index is 6.04. The van der Waals surface area contributed by atoms with E-state index >= 15 is 0 Å². The fourth-order valence-corrected chi connectivity index (χ4v) is 0. The molecule has 2 nitrogen and oxygen atoms in total. The fraction of sp³-hybridized carbons (Fsp3) is 1.00. The van der Waals surface area contributed by atoms with E-state index in [0.29, 0.717) is 0 Å². The van der Waals surface area contributed by atoms with Crippen LogP contribution in [0.25, 0.3) is 0 Å². The zero-order chi connectivity index (χ0) is 6.00. The molecule has 0 aromatic heterocycles. The van der Waals surface area contributed by atoms with E-state index in [0.717, 1.165) is 0 Å². The summed E-state index contributed by atoms with van der Waals surface area (Å²) >= 11 is 0. The van der Waals surface area contributed by atoms with Crippen molar-refractivity contribution in [3.63, 3.8) is 0 Å². The summed E-state index contributed by atoms with van der Waals surface area (Å²) in [6, 6.07) is 0. The summed E-state index contributed by atoms with van der Waals surface area (Å²) in [6.45, 7) is 8.00. The maximum Gasteiger partial charge on any atom is -0.0195 e. The molecule has 0 spiro atoms. The van der Waals surface area contributed by atoms with Gasteiger partial charge in [-0.1, -0.05) is 27.7 Å². The topological polar surface area (TPSA) is 61.0 Å². The van der Waals surface area contributed by atoms with E-state index in [1.54, 1.807) is 0 Å². The monoisotopic (exact) mass is 108 g/mol. The van der Waals surface area contributed by atoms with Gasteiger partial charge in [0.1, 0.15) is 0 Å². The van der Waals surface area contributed by atoms with Crippen LogP contribution in [-0.4, -0.2) is 7.05 Å². The lowest BCUT2D eigenvalue weighted by Crippen LogP contribution is -1.69. The lowest BCUT2D eigenvalue weighted by Gasteiger charge is -1.19. The van der Waals surface area contributed by atoms with Gasteiger partial charge in [0.2, 0.25) is 0 Å². The summed E-state index contributed by atoms with van der Waals surface area (Å²) in [5, 5.41) is 0. The van der Waals surface area contributed by atoms with Gasteiger partial charge in [0.15, 0.2) is 0 Å². The van der Waals surface area contributed by atoms with E-state index in [4.69, 9.17) is 0 Å². The van der Waals surface area contributed by atoms with Gasteiger partial charge in [0.05, 0.1) is 0 Å². The Morgan fingerprint density at radius 1 is 0.714 bits per heavy atom. The average molecular weight is 108 g/mol. The van der Waals surface area contributed by atoms with Crippen LogP contribution in [0.4, 0.5) is 0 Å². The zero-order valence-electron chi connectivity index (χ0n) is 6.28. The average Bonchev–Trinajstić information content (AvgIpc) is 1.81. The third-order valence-electron chi connectivity index (χ3n) is 0. The molecule has 0 heterocycles. The second-order valence-electron chi connectivity index (χ2n) is 0. The first-order valence-corrected chi connectivity index (χ1v) is 2.58. The molecule has 2 heteroatoms. The van der Waals surface area contributed by atoms with Crippen LogP contribution in [0.2, 0.25) is 0 Å². The van der Waals surface area contributed by atoms with Crippen molar-refractivity contribution in [1.82, 2.24) is 6.15 Å². The molecule has 0 aliphatic rings. The molecule has 50 valence electrons. The normalized spacial score (nSPS) is 2.57. The third kappa shape index (κ3) is 14200. The molecule has 0 amide bonds. The Kier molecular flexibility index (Phi) is 91000. The molecule has 0 bridgehead atoms. The van der Waals surface area contributed by atoms with Crippen molar-refractivity contribution in [2.45, 2.75) is 27.7 Å². The van der Waals surface area contributed by atoms with Crippen LogP contribution in [0.1, 0.15) is 27.7 Å². The van der Waals surface area contributed by atoms with E-state index in [2.05, 4.69) is 5.73 Å². The molecule has 0 saturated carbocycles. The molecule has 0 aliphatic heterocycles. The molecule has 0 aromatic carbocycles. The SMILES string of the molecule is CC.CC.CN.N. The predicted octanol–water partition coefficient (Wildman–Crippen LogP) is 1.79. The van der Waals surface area contributed by atoms with Crippen LogP contribution in [0.5, 0.6) is 0 Å². The van der Waals surface area contributed by atoms with Crippen molar-refractivity contribution in [3.05, 3.63) is 0 Å². The highest BCUT2D eigenvalue weighted by Gasteiger charge is 0.934. The first-order valence-electron chi connectivity index (χ1n) is 2.58. The molecular weight excluding hydrogens is 88.1 g/mol. The molecule has 0 rings (SSSR count). The number of hydrogen-bond donors (Lipinski definition) is 2. The first-order chi connectivity index (χ1) is 3.00. The molecule has 0 fully saturated rings. The van der Waals surface area contributed by atoms with Gasteiger partial charge in [0, 0.05) is 0 Å². The van der Waals surface area contributed by atoms with E-state index in [-0.39, 0.29) is 6.15 Å². The summed E-state index contributed by atoms with van der Waals surface area (Å²) in [4.78, 5) is 0. The van der Waals surface area contributed by atoms with E-state index in [1.165, 1.54) is 7.05 Å². The van der Waals surface area contributed by atoms with Gasteiger partial charge in [-0.2, -0.15) is 0 Å². The van der Waals surface area contributed by atoms with Crippen molar-refractivity contribution in [2.75, 3.05) is 7.05 Å². The first kappa shape index (κ1) is 28.4. The van der Waals surface area contributed by atoms with Crippen LogP contribution >= 0.6 is 0 Å². The second-order valence-corrected chi connectivity index (χ2v) is 0. The van der Waals surface area contributed by atoms with Gasteiger partial charge in [-0.25, -0.2) is 0 Å². The van der Waals surface area contributed by atoms with Gasteiger partial charge < -0.3 is 11.9 Å². The molecule has 0 aromatic rings. The van der Waals surface area contributed by atoms with Gasteiger partial charge in [0.25, 0.3) is 0 Å². The molecular formula is C5H20N2. The molecule has 0 aliphatic carbocycles. The molecule has 0 unspecified atom stereocenters. The molecule has 7 heavy (non-hydrogen) atoms. The Morgan fingerprint density at radius 2 is 0.714 bits per heavy atom. The zero-order valence-corrected chi connectivity index (χ0v) is 6.28. The predicted molar refractivity (Wildman–Crippen MR) is 37.8 cm³/mol. The largest absolute Gasteiger partial charge is 0.344 e. The summed E-state index contributed by atoms with van der Waals surface area (Å²) in [5.74, 6) is 0. The number of hydrogen-bond acceptors (Lipinski definition) is 2. The van der Waals surface area contributed by atoms with Crippen molar-refractivity contribution in [3.8, 4) is 0 Å². The van der Waals surface area contributed by atoms with E-state index in [9.17, 15) is 0 Å². The maximum absolute atomic E-state index is 4.50. The standard InChI is InChI=1S/2C2H6.CH5N.H3N/c3*1-2;/h2*1-2H3;2H2,1H3;1H3. The van der Waals surface area contributed by atoms with E-state index in [1.807, 2.05) is 27.7 Å². The minimum Gasteiger partial charge on any atom is -0.344 e. The fourth-order valence-electron chi connectivity index (χ4n) is 0. The summed E-state index contributed by atoms with van der Waals surface area (Å²) < 4.78 is 0. The van der Waals surface area contributed by atoms with Crippen molar-refractivity contribution in [1.29, 1.82) is 0 Å². The Morgan fingerprint density at radius 3 is 0.714 bits per heavy atom. The number of rotatable bonds is 0. The van der Waals surface area contributed by atoms with Crippen molar-refractivity contribution >= 4 is 0 Å². The quantitative estimate of drug-likeness (QED) is 0.497. The Balaban J connectivity index is -0.00000000900. The summed E-state index contributed by atoms with van der Waals surface area (Å²) in [7, 11) is 1.50. The van der Waals surface area contributed by atoms with Crippen LogP contribution in [0, 0.1) is 0 Å². The summed E-state index contributed by atoms with van der Waals surface area (Å²) in [6.07, 6.45) is 0. The minimum absolute atomic E-state index is 0. The van der Waals surface area contributed by atoms with Gasteiger partial charge >= 0.3 is 0 Å². The highest BCUT2D eigenvalue weighted by molar-refractivity contribution is 3.54. The lowest BCUT2D eigenvalue weighted by atomic mass is 11.0. The van der Waals surface area contributed by atoms with Gasteiger partial charge in [-0.05, 0) is 7.05 Å². The van der Waals surface area contributed by atoms with E-state index < -0.39 is 0 Å². The maximum atomic E-state index is 4.50.